The van der Waals surface area contributed by atoms with Crippen LogP contribution in [0.3, 0.4) is 0 Å². The predicted molar refractivity (Wildman–Crippen MR) is 73.3 cm³/mol. The van der Waals surface area contributed by atoms with Crippen molar-refractivity contribution in [3.8, 4) is 0 Å². The van der Waals surface area contributed by atoms with Crippen LogP contribution >= 0.6 is 22.3 Å². The first kappa shape index (κ1) is 17.2. The molecule has 0 spiro atoms. The second-order valence-electron chi connectivity index (χ2n) is 4.03. The number of halogens is 3. The molecule has 5 nitrogen and oxygen atoms in total. The molecular weight excluding hydrogens is 332 g/mol. The van der Waals surface area contributed by atoms with Gasteiger partial charge >= 0.3 is 0 Å². The molecule has 0 heterocycles. The van der Waals surface area contributed by atoms with Crippen LogP contribution in [0.4, 0.5) is 4.39 Å². The standard InChI is InChI=1S/C11H12Cl2FNO4S/c1-6(5-19-2)15-11(16)8-3-7(20(13,17)18)4-9(14)10(8)12/h3-4,6H,5H2,1-2H3,(H,15,16). The van der Waals surface area contributed by atoms with E-state index in [9.17, 15) is 17.6 Å². The first-order chi connectivity index (χ1) is 9.16. The van der Waals surface area contributed by atoms with Crippen molar-refractivity contribution >= 4 is 37.2 Å². The van der Waals surface area contributed by atoms with E-state index in [1.165, 1.54) is 7.11 Å². The highest BCUT2D eigenvalue weighted by atomic mass is 35.7. The normalized spacial score (nSPS) is 13.1. The lowest BCUT2D eigenvalue weighted by Crippen LogP contribution is -2.35. The molecule has 1 aromatic carbocycles. The maximum absolute atomic E-state index is 13.6. The summed E-state index contributed by atoms with van der Waals surface area (Å²) in [6.45, 7) is 1.90. The van der Waals surface area contributed by atoms with Gasteiger partial charge in [0.05, 0.1) is 22.1 Å². The maximum Gasteiger partial charge on any atom is 0.261 e. The minimum absolute atomic E-state index is 0.235. The number of ether oxygens (including phenoxy) is 1. The van der Waals surface area contributed by atoms with Gasteiger partial charge in [0.1, 0.15) is 5.82 Å². The third-order valence-electron chi connectivity index (χ3n) is 2.32. The zero-order chi connectivity index (χ0) is 15.5. The van der Waals surface area contributed by atoms with Crippen LogP contribution in [0.1, 0.15) is 17.3 Å². The predicted octanol–water partition coefficient (Wildman–Crippen LogP) is 2.17. The van der Waals surface area contributed by atoms with Crippen LogP contribution in [0, 0.1) is 5.82 Å². The van der Waals surface area contributed by atoms with Crippen LogP contribution in [0.2, 0.25) is 5.02 Å². The molecule has 0 saturated carbocycles. The van der Waals surface area contributed by atoms with E-state index in [0.717, 1.165) is 6.07 Å². The van der Waals surface area contributed by atoms with E-state index in [4.69, 9.17) is 27.0 Å². The van der Waals surface area contributed by atoms with Crippen LogP contribution < -0.4 is 5.32 Å². The zero-order valence-corrected chi connectivity index (χ0v) is 12.9. The molecule has 0 fully saturated rings. The summed E-state index contributed by atoms with van der Waals surface area (Å²) in [6.07, 6.45) is 0. The van der Waals surface area contributed by atoms with Crippen LogP contribution in [-0.2, 0) is 13.8 Å². The van der Waals surface area contributed by atoms with Gasteiger partial charge in [0.25, 0.3) is 15.0 Å². The molecule has 0 aliphatic carbocycles. The average Bonchev–Trinajstić information content (AvgIpc) is 2.31. The van der Waals surface area contributed by atoms with E-state index in [1.54, 1.807) is 6.92 Å². The lowest BCUT2D eigenvalue weighted by molar-refractivity contribution is 0.0905. The van der Waals surface area contributed by atoms with Gasteiger partial charge in [0, 0.05) is 23.8 Å². The van der Waals surface area contributed by atoms with Crippen molar-refractivity contribution in [2.24, 2.45) is 0 Å². The molecule has 0 saturated heterocycles. The van der Waals surface area contributed by atoms with E-state index in [1.807, 2.05) is 0 Å². The first-order valence-corrected chi connectivity index (χ1v) is 8.09. The Morgan fingerprint density at radius 2 is 2.10 bits per heavy atom. The molecule has 1 amide bonds. The highest BCUT2D eigenvalue weighted by molar-refractivity contribution is 8.13. The minimum Gasteiger partial charge on any atom is -0.383 e. The van der Waals surface area contributed by atoms with Gasteiger partial charge < -0.3 is 10.1 Å². The van der Waals surface area contributed by atoms with Crippen LogP contribution in [0.25, 0.3) is 0 Å². The summed E-state index contributed by atoms with van der Waals surface area (Å²) < 4.78 is 40.8. The van der Waals surface area contributed by atoms with Gasteiger partial charge in [-0.25, -0.2) is 12.8 Å². The number of hydrogen-bond acceptors (Lipinski definition) is 4. The number of methoxy groups -OCH3 is 1. The van der Waals surface area contributed by atoms with Crippen LogP contribution in [0.5, 0.6) is 0 Å². The van der Waals surface area contributed by atoms with Gasteiger partial charge in [-0.3, -0.25) is 4.79 Å². The van der Waals surface area contributed by atoms with E-state index < -0.39 is 30.7 Å². The summed E-state index contributed by atoms with van der Waals surface area (Å²) >= 11 is 5.67. The quantitative estimate of drug-likeness (QED) is 0.831. The van der Waals surface area contributed by atoms with Crippen LogP contribution in [-0.4, -0.2) is 34.1 Å². The third kappa shape index (κ3) is 4.31. The molecule has 20 heavy (non-hydrogen) atoms. The van der Waals surface area contributed by atoms with Crippen molar-refractivity contribution < 1.29 is 22.3 Å². The minimum atomic E-state index is -4.17. The van der Waals surface area contributed by atoms with Crippen molar-refractivity contribution in [1.29, 1.82) is 0 Å². The molecule has 1 aromatic rings. The van der Waals surface area contributed by atoms with E-state index in [0.29, 0.717) is 6.07 Å². The molecule has 1 atom stereocenters. The smallest absolute Gasteiger partial charge is 0.261 e. The van der Waals surface area contributed by atoms with Crippen molar-refractivity contribution in [1.82, 2.24) is 5.32 Å². The highest BCUT2D eigenvalue weighted by Crippen LogP contribution is 2.26. The SMILES string of the molecule is COCC(C)NC(=O)c1cc(S(=O)(=O)Cl)cc(F)c1Cl. The van der Waals surface area contributed by atoms with Gasteiger partial charge in [-0.1, -0.05) is 11.6 Å². The number of nitrogens with one attached hydrogen (secondary N) is 1. The molecule has 0 radical (unpaired) electrons. The van der Waals surface area contributed by atoms with E-state index in [2.05, 4.69) is 5.32 Å². The lowest BCUT2D eigenvalue weighted by Gasteiger charge is -2.14. The molecule has 1 N–H and O–H groups in total. The summed E-state index contributed by atoms with van der Waals surface area (Å²) in [5.74, 6) is -1.77. The molecule has 1 unspecified atom stereocenters. The second-order valence-corrected chi connectivity index (χ2v) is 6.98. The molecule has 0 bridgehead atoms. The molecule has 1 rings (SSSR count). The van der Waals surface area contributed by atoms with Gasteiger partial charge in [-0.05, 0) is 19.1 Å². The number of rotatable bonds is 5. The fourth-order valence-electron chi connectivity index (χ4n) is 1.46. The summed E-state index contributed by atoms with van der Waals surface area (Å²) in [5, 5.41) is 2.02. The number of hydrogen-bond donors (Lipinski definition) is 1. The van der Waals surface area contributed by atoms with E-state index in [-0.39, 0.29) is 18.2 Å². The van der Waals surface area contributed by atoms with Crippen molar-refractivity contribution in [3.63, 3.8) is 0 Å². The topological polar surface area (TPSA) is 72.5 Å². The average molecular weight is 344 g/mol. The first-order valence-electron chi connectivity index (χ1n) is 5.40. The molecule has 0 aliphatic heterocycles. The Balaban J connectivity index is 3.17. The summed E-state index contributed by atoms with van der Waals surface area (Å²) in [7, 11) is 2.41. The number of carbonyl (C=O) groups is 1. The molecule has 9 heteroatoms. The molecular formula is C11H12Cl2FNO4S. The van der Waals surface area contributed by atoms with E-state index >= 15 is 0 Å². The molecule has 0 aromatic heterocycles. The Hall–Kier alpha value is -0.890. The van der Waals surface area contributed by atoms with Gasteiger partial charge in [0.15, 0.2) is 0 Å². The Morgan fingerprint density at radius 3 is 2.60 bits per heavy atom. The Morgan fingerprint density at radius 1 is 1.50 bits per heavy atom. The Kier molecular flexibility index (Phi) is 5.76. The largest absolute Gasteiger partial charge is 0.383 e. The Labute approximate surface area is 125 Å². The monoisotopic (exact) mass is 343 g/mol. The highest BCUT2D eigenvalue weighted by Gasteiger charge is 2.21. The van der Waals surface area contributed by atoms with Crippen molar-refractivity contribution in [2.45, 2.75) is 17.9 Å². The summed E-state index contributed by atoms with van der Waals surface area (Å²) in [5.41, 5.74) is -0.311. The zero-order valence-electron chi connectivity index (χ0n) is 10.6. The fourth-order valence-corrected chi connectivity index (χ4v) is 2.43. The van der Waals surface area contributed by atoms with Gasteiger partial charge in [-0.15, -0.1) is 0 Å². The van der Waals surface area contributed by atoms with Crippen molar-refractivity contribution in [3.05, 3.63) is 28.5 Å². The van der Waals surface area contributed by atoms with Gasteiger partial charge in [-0.2, -0.15) is 0 Å². The summed E-state index contributed by atoms with van der Waals surface area (Å²) in [6, 6.07) is 1.21. The molecule has 0 aliphatic rings. The number of carbonyl (C=O) groups excluding carboxylic acids is 1. The third-order valence-corrected chi connectivity index (χ3v) is 4.04. The van der Waals surface area contributed by atoms with Crippen molar-refractivity contribution in [2.75, 3.05) is 13.7 Å². The second kappa shape index (κ2) is 6.71. The molecule has 112 valence electrons. The number of benzene rings is 1. The van der Waals surface area contributed by atoms with Gasteiger partial charge in [0.2, 0.25) is 0 Å². The van der Waals surface area contributed by atoms with Crippen LogP contribution in [0.15, 0.2) is 17.0 Å². The maximum atomic E-state index is 13.6. The fraction of sp³-hybridized carbons (Fsp3) is 0.364. The number of amides is 1. The lowest BCUT2D eigenvalue weighted by atomic mass is 10.2. The Bertz CT molecular complexity index is 621. The summed E-state index contributed by atoms with van der Waals surface area (Å²) in [4.78, 5) is 11.4.